The first-order chi connectivity index (χ1) is 24.8. The first-order valence-corrected chi connectivity index (χ1v) is 16.8. The summed E-state index contributed by atoms with van der Waals surface area (Å²) in [4.78, 5) is 53.2. The van der Waals surface area contributed by atoms with Crippen LogP contribution in [0.4, 0.5) is 42.1 Å². The van der Waals surface area contributed by atoms with E-state index >= 15 is 0 Å². The van der Waals surface area contributed by atoms with Gasteiger partial charge in [-0.05, 0) is 78.9 Å². The number of carbonyl (C=O) groups excluding carboxylic acids is 4. The van der Waals surface area contributed by atoms with Gasteiger partial charge in [-0.2, -0.15) is 26.3 Å². The van der Waals surface area contributed by atoms with E-state index in [1.807, 2.05) is 0 Å². The molecule has 3 fully saturated rings. The van der Waals surface area contributed by atoms with Gasteiger partial charge in [0.15, 0.2) is 9.75 Å². The van der Waals surface area contributed by atoms with Crippen molar-refractivity contribution in [2.24, 2.45) is 17.8 Å². The lowest BCUT2D eigenvalue weighted by atomic mass is 9.56. The van der Waals surface area contributed by atoms with E-state index in [2.05, 4.69) is 0 Å². The standard InChI is InChI=1S/C36H25Cl2F7N2O6/c37-33-16-26-24(9-10-25-27(26)30(50)46(29(25)49)22-14-18(35(40,41)42)13-19(15-22)36(43,44)45)28(17-1-7-23(8-2-17)53-12-11-48)34(33,38)32(52)47(31(33)51)21-5-3-20(39)4-6-21/h1-9,13-15,25-28,48H,10-12,16H2. The lowest BCUT2D eigenvalue weighted by molar-refractivity contribution is -0.143. The minimum Gasteiger partial charge on any atom is -0.491 e. The first-order valence-electron chi connectivity index (χ1n) is 16.1. The molecule has 53 heavy (non-hydrogen) atoms. The zero-order chi connectivity index (χ0) is 38.4. The maximum absolute atomic E-state index is 14.4. The molecule has 0 spiro atoms. The predicted molar refractivity (Wildman–Crippen MR) is 175 cm³/mol. The van der Waals surface area contributed by atoms with Gasteiger partial charge in [-0.15, -0.1) is 23.2 Å². The molecule has 17 heteroatoms. The van der Waals surface area contributed by atoms with Crippen LogP contribution in [0.15, 0.2) is 78.4 Å². The molecule has 278 valence electrons. The fourth-order valence-electron chi connectivity index (χ4n) is 8.01. The number of hydrogen-bond acceptors (Lipinski definition) is 6. The van der Waals surface area contributed by atoms with Crippen LogP contribution in [-0.2, 0) is 31.5 Å². The molecule has 6 atom stereocenters. The maximum atomic E-state index is 14.4. The van der Waals surface area contributed by atoms with Gasteiger partial charge in [-0.1, -0.05) is 23.8 Å². The third kappa shape index (κ3) is 5.61. The molecule has 0 bridgehead atoms. The number of amides is 4. The van der Waals surface area contributed by atoms with E-state index in [0.29, 0.717) is 26.7 Å². The third-order valence-electron chi connectivity index (χ3n) is 10.3. The van der Waals surface area contributed by atoms with Crippen LogP contribution in [0.1, 0.15) is 35.4 Å². The Balaban J connectivity index is 1.36. The smallest absolute Gasteiger partial charge is 0.416 e. The number of aliphatic hydroxyl groups is 1. The van der Waals surface area contributed by atoms with Gasteiger partial charge in [0.1, 0.15) is 18.2 Å². The quantitative estimate of drug-likeness (QED) is 0.125. The summed E-state index contributed by atoms with van der Waals surface area (Å²) in [7, 11) is 0. The van der Waals surface area contributed by atoms with Crippen molar-refractivity contribution in [1.29, 1.82) is 0 Å². The number of ether oxygens (including phenoxy) is 1. The van der Waals surface area contributed by atoms with Gasteiger partial charge in [-0.3, -0.25) is 19.2 Å². The average molecular weight is 785 g/mol. The van der Waals surface area contributed by atoms with Gasteiger partial charge in [0.2, 0.25) is 11.8 Å². The van der Waals surface area contributed by atoms with Crippen LogP contribution in [0.5, 0.6) is 5.75 Å². The van der Waals surface area contributed by atoms with Gasteiger partial charge in [-0.25, -0.2) is 14.2 Å². The Morgan fingerprint density at radius 1 is 0.774 bits per heavy atom. The molecular weight excluding hydrogens is 760 g/mol. The molecule has 0 aromatic heterocycles. The van der Waals surface area contributed by atoms with E-state index in [4.69, 9.17) is 33.0 Å². The van der Waals surface area contributed by atoms with Crippen molar-refractivity contribution in [3.8, 4) is 5.75 Å². The van der Waals surface area contributed by atoms with Gasteiger partial charge in [0.25, 0.3) is 11.8 Å². The highest BCUT2D eigenvalue weighted by Crippen LogP contribution is 2.66. The number of halogens is 9. The molecule has 2 heterocycles. The predicted octanol–water partition coefficient (Wildman–Crippen LogP) is 7.00. The highest BCUT2D eigenvalue weighted by atomic mass is 35.5. The summed E-state index contributed by atoms with van der Waals surface area (Å²) in [6, 6.07) is 10.8. The normalized spacial score (nSPS) is 28.5. The number of fused-ring (bicyclic) bond motifs is 4. The van der Waals surface area contributed by atoms with E-state index in [0.717, 1.165) is 24.3 Å². The van der Waals surface area contributed by atoms with E-state index < -0.39 is 98.5 Å². The molecule has 3 aromatic carbocycles. The van der Waals surface area contributed by atoms with Crippen LogP contribution in [-0.4, -0.2) is 51.7 Å². The van der Waals surface area contributed by atoms with Crippen molar-refractivity contribution in [3.05, 3.63) is 101 Å². The molecule has 2 aliphatic carbocycles. The van der Waals surface area contributed by atoms with E-state index in [1.165, 1.54) is 30.3 Å². The molecule has 2 aliphatic heterocycles. The van der Waals surface area contributed by atoms with Crippen molar-refractivity contribution >= 4 is 58.2 Å². The number of carbonyl (C=O) groups is 4. The Hall–Kier alpha value is -4.47. The number of nitrogens with zero attached hydrogens (tertiary/aromatic N) is 2. The molecule has 8 nitrogen and oxygen atoms in total. The minimum absolute atomic E-state index is 0.0497. The van der Waals surface area contributed by atoms with Crippen molar-refractivity contribution in [1.82, 2.24) is 0 Å². The molecule has 2 saturated heterocycles. The van der Waals surface area contributed by atoms with E-state index in [9.17, 15) is 49.9 Å². The second-order valence-electron chi connectivity index (χ2n) is 13.2. The Bertz CT molecular complexity index is 2040. The summed E-state index contributed by atoms with van der Waals surface area (Å²) >= 11 is 14.5. The zero-order valence-corrected chi connectivity index (χ0v) is 28.4. The highest BCUT2D eigenvalue weighted by molar-refractivity contribution is 6.58. The number of alkyl halides is 8. The number of aliphatic hydroxyl groups excluding tert-OH is 1. The Kier molecular flexibility index (Phi) is 8.73. The zero-order valence-electron chi connectivity index (χ0n) is 26.9. The number of rotatable bonds is 6. The Labute approximate surface area is 305 Å². The van der Waals surface area contributed by atoms with Gasteiger partial charge in [0, 0.05) is 5.92 Å². The minimum atomic E-state index is -5.26. The first kappa shape index (κ1) is 36.9. The van der Waals surface area contributed by atoms with Crippen LogP contribution in [0, 0.1) is 23.6 Å². The molecular formula is C36H25Cl2F7N2O6. The SMILES string of the molecule is O=C1C2CC=C3C(CC4(Cl)C(=O)N(c5ccc(F)cc5)C(=O)C4(Cl)C3c3ccc(OCCO)cc3)C2C(=O)N1c1cc(C(F)(F)F)cc(C(F)(F)F)c1. The summed E-state index contributed by atoms with van der Waals surface area (Å²) in [6.07, 6.45) is -9.75. The summed E-state index contributed by atoms with van der Waals surface area (Å²) in [5.41, 5.74) is -3.87. The molecule has 4 amide bonds. The molecule has 0 radical (unpaired) electrons. The number of imide groups is 2. The summed E-state index contributed by atoms with van der Waals surface area (Å²) in [6.45, 7) is -0.343. The third-order valence-corrected chi connectivity index (χ3v) is 11.7. The highest BCUT2D eigenvalue weighted by Gasteiger charge is 2.76. The van der Waals surface area contributed by atoms with Crippen molar-refractivity contribution in [2.45, 2.75) is 40.9 Å². The fourth-order valence-corrected chi connectivity index (χ4v) is 8.95. The Morgan fingerprint density at radius 3 is 1.94 bits per heavy atom. The van der Waals surface area contributed by atoms with Crippen LogP contribution >= 0.6 is 23.2 Å². The van der Waals surface area contributed by atoms with Crippen LogP contribution in [0.25, 0.3) is 0 Å². The molecule has 1 N–H and O–H groups in total. The molecule has 1 saturated carbocycles. The summed E-state index contributed by atoms with van der Waals surface area (Å²) in [5, 5.41) is 9.16. The Morgan fingerprint density at radius 2 is 1.38 bits per heavy atom. The van der Waals surface area contributed by atoms with Crippen molar-refractivity contribution in [3.63, 3.8) is 0 Å². The largest absolute Gasteiger partial charge is 0.491 e. The molecule has 6 unspecified atom stereocenters. The van der Waals surface area contributed by atoms with E-state index in [-0.39, 0.29) is 43.5 Å². The maximum Gasteiger partial charge on any atom is 0.416 e. The number of anilines is 2. The van der Waals surface area contributed by atoms with E-state index in [1.54, 1.807) is 0 Å². The molecule has 3 aromatic rings. The van der Waals surface area contributed by atoms with Crippen LogP contribution in [0.2, 0.25) is 0 Å². The topological polar surface area (TPSA) is 104 Å². The van der Waals surface area contributed by atoms with Crippen molar-refractivity contribution < 1.29 is 59.8 Å². The lowest BCUT2D eigenvalue weighted by Crippen LogP contribution is -2.60. The number of benzene rings is 3. The molecule has 4 aliphatic rings. The second kappa shape index (κ2) is 12.6. The van der Waals surface area contributed by atoms with Crippen LogP contribution < -0.4 is 14.5 Å². The van der Waals surface area contributed by atoms with Gasteiger partial charge < -0.3 is 9.84 Å². The average Bonchev–Trinajstić information content (AvgIpc) is 3.44. The van der Waals surface area contributed by atoms with Crippen LogP contribution in [0.3, 0.4) is 0 Å². The monoisotopic (exact) mass is 784 g/mol. The number of allylic oxidation sites excluding steroid dienone is 2. The molecule has 7 rings (SSSR count). The summed E-state index contributed by atoms with van der Waals surface area (Å²) in [5.74, 6) is -9.70. The van der Waals surface area contributed by atoms with Crippen molar-refractivity contribution in [2.75, 3.05) is 23.0 Å². The number of hydrogen-bond donors (Lipinski definition) is 1. The fraction of sp³-hybridized carbons (Fsp3) is 0.333. The lowest BCUT2D eigenvalue weighted by Gasteiger charge is -2.50. The van der Waals surface area contributed by atoms with Gasteiger partial charge >= 0.3 is 12.4 Å². The summed E-state index contributed by atoms with van der Waals surface area (Å²) < 4.78 is 102. The second-order valence-corrected chi connectivity index (χ2v) is 14.4. The van der Waals surface area contributed by atoms with Gasteiger partial charge in [0.05, 0.1) is 40.9 Å².